The van der Waals surface area contributed by atoms with Crippen LogP contribution < -0.4 is 15.5 Å². The molecule has 0 radical (unpaired) electrons. The fraction of sp³-hybridized carbons (Fsp3) is 0.438. The lowest BCUT2D eigenvalue weighted by Crippen LogP contribution is -2.51. The van der Waals surface area contributed by atoms with Gasteiger partial charge in [0, 0.05) is 4.90 Å². The molecule has 1 aromatic rings. The summed E-state index contributed by atoms with van der Waals surface area (Å²) in [6, 6.07) is 6.65. The standard InChI is InChI=1S/C16H21N3O4S/c1-5-16(3)14(21)19(15(22)17-16)18-13(20)10(2)23-11-6-8-12(24-4)9-7-11/h6-10H,5H2,1-4H3,(H,17,22)(H,18,20). The van der Waals surface area contributed by atoms with Crippen LogP contribution in [0.3, 0.4) is 0 Å². The van der Waals surface area contributed by atoms with Crippen molar-refractivity contribution in [1.29, 1.82) is 0 Å². The molecule has 2 atom stereocenters. The van der Waals surface area contributed by atoms with Gasteiger partial charge in [0.1, 0.15) is 11.3 Å². The van der Waals surface area contributed by atoms with Gasteiger partial charge in [-0.1, -0.05) is 6.92 Å². The maximum atomic E-state index is 12.2. The predicted molar refractivity (Wildman–Crippen MR) is 90.5 cm³/mol. The third-order valence-corrected chi connectivity index (χ3v) is 4.68. The monoisotopic (exact) mass is 351 g/mol. The molecule has 0 saturated carbocycles. The van der Waals surface area contributed by atoms with E-state index in [2.05, 4.69) is 10.7 Å². The maximum Gasteiger partial charge on any atom is 0.344 e. The zero-order valence-corrected chi connectivity index (χ0v) is 14.9. The van der Waals surface area contributed by atoms with Crippen LogP contribution in [-0.4, -0.2) is 40.8 Å². The molecule has 1 aliphatic rings. The molecule has 1 aliphatic heterocycles. The number of urea groups is 1. The average molecular weight is 351 g/mol. The minimum Gasteiger partial charge on any atom is -0.481 e. The van der Waals surface area contributed by atoms with Crippen LogP contribution >= 0.6 is 11.8 Å². The third kappa shape index (κ3) is 3.64. The molecule has 130 valence electrons. The highest BCUT2D eigenvalue weighted by atomic mass is 32.2. The zero-order chi connectivity index (χ0) is 17.9. The number of hydrogen-bond acceptors (Lipinski definition) is 5. The van der Waals surface area contributed by atoms with Crippen LogP contribution in [0.2, 0.25) is 0 Å². The first kappa shape index (κ1) is 18.1. The topological polar surface area (TPSA) is 87.7 Å². The molecular weight excluding hydrogens is 330 g/mol. The number of ether oxygens (including phenoxy) is 1. The first-order chi connectivity index (χ1) is 11.3. The molecule has 0 aromatic heterocycles. The first-order valence-corrected chi connectivity index (χ1v) is 8.81. The summed E-state index contributed by atoms with van der Waals surface area (Å²) in [6.07, 6.45) is 1.53. The molecule has 7 nitrogen and oxygen atoms in total. The first-order valence-electron chi connectivity index (χ1n) is 7.58. The second kappa shape index (κ2) is 7.12. The van der Waals surface area contributed by atoms with E-state index in [0.717, 1.165) is 4.90 Å². The van der Waals surface area contributed by atoms with Gasteiger partial charge in [-0.25, -0.2) is 4.79 Å². The summed E-state index contributed by atoms with van der Waals surface area (Å²) in [5.74, 6) is -0.529. The number of imide groups is 1. The van der Waals surface area contributed by atoms with Gasteiger partial charge in [-0.05, 0) is 50.8 Å². The van der Waals surface area contributed by atoms with Crippen LogP contribution in [0.5, 0.6) is 5.75 Å². The van der Waals surface area contributed by atoms with E-state index in [1.54, 1.807) is 44.7 Å². The normalized spacial score (nSPS) is 21.4. The molecule has 0 bridgehead atoms. The second-order valence-electron chi connectivity index (χ2n) is 5.67. The minimum atomic E-state index is -0.998. The summed E-state index contributed by atoms with van der Waals surface area (Å²) in [5, 5.41) is 3.28. The van der Waals surface area contributed by atoms with E-state index in [-0.39, 0.29) is 0 Å². The Hall–Kier alpha value is -2.22. The third-order valence-electron chi connectivity index (χ3n) is 3.93. The number of hydrogen-bond donors (Lipinski definition) is 2. The molecule has 1 aromatic carbocycles. The van der Waals surface area contributed by atoms with Crippen LogP contribution in [0.15, 0.2) is 29.2 Å². The molecule has 1 saturated heterocycles. The Kier molecular flexibility index (Phi) is 5.38. The summed E-state index contributed by atoms with van der Waals surface area (Å²) in [4.78, 5) is 37.4. The Bertz CT molecular complexity index is 649. The van der Waals surface area contributed by atoms with E-state index in [0.29, 0.717) is 17.2 Å². The highest BCUT2D eigenvalue weighted by Gasteiger charge is 2.47. The number of thioether (sulfide) groups is 1. The van der Waals surface area contributed by atoms with Crippen LogP contribution in [-0.2, 0) is 9.59 Å². The van der Waals surface area contributed by atoms with Gasteiger partial charge >= 0.3 is 6.03 Å². The van der Waals surface area contributed by atoms with Gasteiger partial charge in [0.25, 0.3) is 11.8 Å². The summed E-state index contributed by atoms with van der Waals surface area (Å²) in [7, 11) is 0. The Labute approximate surface area is 145 Å². The quantitative estimate of drug-likeness (QED) is 0.604. The summed E-state index contributed by atoms with van der Waals surface area (Å²) in [5.41, 5.74) is 1.32. The Morgan fingerprint density at radius 2 is 2.00 bits per heavy atom. The number of carbonyl (C=O) groups excluding carboxylic acids is 3. The molecule has 0 aliphatic carbocycles. The molecule has 2 rings (SSSR count). The van der Waals surface area contributed by atoms with E-state index in [1.807, 2.05) is 18.4 Å². The Morgan fingerprint density at radius 1 is 1.38 bits per heavy atom. The van der Waals surface area contributed by atoms with Crippen molar-refractivity contribution < 1.29 is 19.1 Å². The number of nitrogens with one attached hydrogen (secondary N) is 2. The molecule has 4 amide bonds. The van der Waals surface area contributed by atoms with Crippen molar-refractivity contribution in [2.24, 2.45) is 0 Å². The van der Waals surface area contributed by atoms with Gasteiger partial charge in [0.05, 0.1) is 0 Å². The van der Waals surface area contributed by atoms with Crippen LogP contribution in [0.1, 0.15) is 27.2 Å². The lowest BCUT2D eigenvalue weighted by atomic mass is 10.00. The van der Waals surface area contributed by atoms with Gasteiger partial charge in [-0.3, -0.25) is 15.0 Å². The van der Waals surface area contributed by atoms with E-state index in [4.69, 9.17) is 4.74 Å². The van der Waals surface area contributed by atoms with E-state index < -0.39 is 29.5 Å². The molecular formula is C16H21N3O4S. The van der Waals surface area contributed by atoms with Gasteiger partial charge < -0.3 is 10.1 Å². The highest BCUT2D eigenvalue weighted by molar-refractivity contribution is 7.98. The lowest BCUT2D eigenvalue weighted by molar-refractivity contribution is -0.141. The smallest absolute Gasteiger partial charge is 0.344 e. The maximum absolute atomic E-state index is 12.2. The van der Waals surface area contributed by atoms with Crippen molar-refractivity contribution in [3.05, 3.63) is 24.3 Å². The lowest BCUT2D eigenvalue weighted by Gasteiger charge is -2.21. The number of amides is 4. The number of hydrazine groups is 1. The van der Waals surface area contributed by atoms with Gasteiger partial charge in [-0.2, -0.15) is 5.01 Å². The Balaban J connectivity index is 1.98. The summed E-state index contributed by atoms with van der Waals surface area (Å²) >= 11 is 1.60. The van der Waals surface area contributed by atoms with Gasteiger partial charge in [0.15, 0.2) is 6.10 Å². The van der Waals surface area contributed by atoms with Crippen LogP contribution in [0.4, 0.5) is 4.79 Å². The number of nitrogens with zero attached hydrogens (tertiary/aromatic N) is 1. The molecule has 0 spiro atoms. The van der Waals surface area contributed by atoms with Crippen molar-refractivity contribution in [2.45, 2.75) is 43.7 Å². The number of benzene rings is 1. The van der Waals surface area contributed by atoms with Crippen molar-refractivity contribution in [1.82, 2.24) is 15.8 Å². The SMILES string of the molecule is CCC1(C)NC(=O)N(NC(=O)C(C)Oc2ccc(SC)cc2)C1=O. The van der Waals surface area contributed by atoms with E-state index in [9.17, 15) is 14.4 Å². The van der Waals surface area contributed by atoms with Crippen molar-refractivity contribution in [3.63, 3.8) is 0 Å². The van der Waals surface area contributed by atoms with Crippen molar-refractivity contribution in [2.75, 3.05) is 6.26 Å². The van der Waals surface area contributed by atoms with Crippen LogP contribution in [0, 0.1) is 0 Å². The highest BCUT2D eigenvalue weighted by Crippen LogP contribution is 2.21. The molecule has 2 N–H and O–H groups in total. The fourth-order valence-corrected chi connectivity index (χ4v) is 2.55. The number of carbonyl (C=O) groups is 3. The molecule has 24 heavy (non-hydrogen) atoms. The molecule has 1 fully saturated rings. The molecule has 2 unspecified atom stereocenters. The minimum absolute atomic E-state index is 0.428. The van der Waals surface area contributed by atoms with Crippen molar-refractivity contribution >= 4 is 29.6 Å². The van der Waals surface area contributed by atoms with Crippen molar-refractivity contribution in [3.8, 4) is 5.75 Å². The molecule has 8 heteroatoms. The summed E-state index contributed by atoms with van der Waals surface area (Å²) < 4.78 is 5.54. The zero-order valence-electron chi connectivity index (χ0n) is 14.1. The fourth-order valence-electron chi connectivity index (χ4n) is 2.14. The van der Waals surface area contributed by atoms with E-state index >= 15 is 0 Å². The van der Waals surface area contributed by atoms with E-state index in [1.165, 1.54) is 0 Å². The Morgan fingerprint density at radius 3 is 2.50 bits per heavy atom. The number of rotatable bonds is 6. The average Bonchev–Trinajstić information content (AvgIpc) is 2.79. The van der Waals surface area contributed by atoms with Gasteiger partial charge in [-0.15, -0.1) is 11.8 Å². The predicted octanol–water partition coefficient (Wildman–Crippen LogP) is 1.93. The second-order valence-corrected chi connectivity index (χ2v) is 6.55. The van der Waals surface area contributed by atoms with Gasteiger partial charge in [0.2, 0.25) is 0 Å². The van der Waals surface area contributed by atoms with Crippen LogP contribution in [0.25, 0.3) is 0 Å². The largest absolute Gasteiger partial charge is 0.481 e. The molecule has 1 heterocycles. The summed E-state index contributed by atoms with van der Waals surface area (Å²) in [6.45, 7) is 4.95.